The molecule has 2 aromatic carbocycles. The van der Waals surface area contributed by atoms with Crippen molar-refractivity contribution in [3.8, 4) is 0 Å². The van der Waals surface area contributed by atoms with Crippen LogP contribution in [0, 0.1) is 0 Å². The maximum atomic E-state index is 13.0. The average Bonchev–Trinajstić information content (AvgIpc) is 3.18. The number of aromatic nitrogens is 2. The highest BCUT2D eigenvalue weighted by Gasteiger charge is 2.29. The van der Waals surface area contributed by atoms with Crippen molar-refractivity contribution >= 4 is 34.9 Å². The Bertz CT molecular complexity index is 1070. The summed E-state index contributed by atoms with van der Waals surface area (Å²) in [6, 6.07) is 16.8. The largest absolute Gasteiger partial charge is 0.331 e. The molecule has 0 spiro atoms. The van der Waals surface area contributed by atoms with Crippen LogP contribution in [-0.4, -0.2) is 32.9 Å². The minimum atomic E-state index is -0.181. The molecular weight excluding hydrogens is 421 g/mol. The third kappa shape index (κ3) is 4.13. The lowest BCUT2D eigenvalue weighted by Gasteiger charge is -2.28. The van der Waals surface area contributed by atoms with Gasteiger partial charge in [-0.05, 0) is 23.6 Å². The zero-order chi connectivity index (χ0) is 21.3. The van der Waals surface area contributed by atoms with Crippen molar-refractivity contribution < 1.29 is 9.59 Å². The van der Waals surface area contributed by atoms with Crippen LogP contribution in [0.4, 0.5) is 0 Å². The minimum absolute atomic E-state index is 0.0678. The fourth-order valence-electron chi connectivity index (χ4n) is 3.68. The first kappa shape index (κ1) is 20.6. The van der Waals surface area contributed by atoms with Gasteiger partial charge in [-0.2, -0.15) is 5.10 Å². The van der Waals surface area contributed by atoms with Crippen LogP contribution in [0.1, 0.15) is 51.4 Å². The molecule has 0 N–H and O–H groups in total. The molecule has 5 nitrogen and oxygen atoms in total. The summed E-state index contributed by atoms with van der Waals surface area (Å²) in [6.07, 6.45) is 0.341. The zero-order valence-electron chi connectivity index (χ0n) is 16.5. The number of hydrogen-bond donors (Lipinski definition) is 0. The van der Waals surface area contributed by atoms with Crippen molar-refractivity contribution in [2.45, 2.75) is 32.4 Å². The number of benzene rings is 2. The van der Waals surface area contributed by atoms with Crippen molar-refractivity contribution in [3.05, 3.63) is 87.2 Å². The fourth-order valence-corrected chi connectivity index (χ4v) is 4.20. The summed E-state index contributed by atoms with van der Waals surface area (Å²) in [4.78, 5) is 27.5. The summed E-state index contributed by atoms with van der Waals surface area (Å²) < 4.78 is 1.62. The first-order valence-corrected chi connectivity index (χ1v) is 10.6. The van der Waals surface area contributed by atoms with Gasteiger partial charge in [0, 0.05) is 41.2 Å². The number of nitrogens with zero attached hydrogens (tertiary/aromatic N) is 3. The van der Waals surface area contributed by atoms with E-state index in [4.69, 9.17) is 23.2 Å². The van der Waals surface area contributed by atoms with Crippen molar-refractivity contribution in [1.29, 1.82) is 0 Å². The quantitative estimate of drug-likeness (QED) is 0.492. The molecule has 0 radical (unpaired) electrons. The number of Topliss-reactive ketones (excluding diaryl/α,β-unsaturated/α-hetero) is 1. The highest BCUT2D eigenvalue weighted by Crippen LogP contribution is 2.28. The first-order chi connectivity index (χ1) is 14.4. The van der Waals surface area contributed by atoms with E-state index in [2.05, 4.69) is 5.10 Å². The third-order valence-electron chi connectivity index (χ3n) is 5.42. The monoisotopic (exact) mass is 441 g/mol. The molecule has 1 aliphatic rings. The Labute approximate surface area is 185 Å². The number of rotatable bonds is 6. The van der Waals surface area contributed by atoms with Crippen LogP contribution in [0.5, 0.6) is 0 Å². The van der Waals surface area contributed by atoms with E-state index in [-0.39, 0.29) is 17.6 Å². The lowest BCUT2D eigenvalue weighted by molar-refractivity contribution is 0.0683. The average molecular weight is 442 g/mol. The van der Waals surface area contributed by atoms with E-state index in [1.54, 1.807) is 33.8 Å². The molecule has 3 aromatic rings. The molecule has 1 aliphatic heterocycles. The zero-order valence-corrected chi connectivity index (χ0v) is 18.0. The second kappa shape index (κ2) is 8.62. The molecule has 1 aromatic heterocycles. The molecule has 1 amide bonds. The smallest absolute Gasteiger partial charge is 0.272 e. The van der Waals surface area contributed by atoms with E-state index >= 15 is 0 Å². The molecule has 0 saturated heterocycles. The van der Waals surface area contributed by atoms with Gasteiger partial charge in [0.1, 0.15) is 11.4 Å². The third-order valence-corrected chi connectivity index (χ3v) is 6.13. The van der Waals surface area contributed by atoms with Gasteiger partial charge in [-0.25, -0.2) is 0 Å². The van der Waals surface area contributed by atoms with Crippen LogP contribution in [0.3, 0.4) is 0 Å². The normalized spacial score (nSPS) is 14.5. The molecule has 0 bridgehead atoms. The van der Waals surface area contributed by atoms with Gasteiger partial charge in [0.25, 0.3) is 5.91 Å². The van der Waals surface area contributed by atoms with Gasteiger partial charge in [0.15, 0.2) is 5.78 Å². The van der Waals surface area contributed by atoms with Crippen LogP contribution in [0.2, 0.25) is 10.0 Å². The number of hydrogen-bond acceptors (Lipinski definition) is 3. The fraction of sp³-hybridized carbons (Fsp3) is 0.261. The molecule has 1 unspecified atom stereocenters. The predicted molar refractivity (Wildman–Crippen MR) is 117 cm³/mol. The molecule has 4 rings (SSSR count). The molecule has 30 heavy (non-hydrogen) atoms. The van der Waals surface area contributed by atoms with Gasteiger partial charge >= 0.3 is 0 Å². The number of carbonyl (C=O) groups excluding carboxylic acids is 2. The van der Waals surface area contributed by atoms with Crippen LogP contribution < -0.4 is 0 Å². The SMILES string of the molecule is CC(CC(=O)c1cc2n(n1)CCN(Cc1c(Cl)cccc1Cl)C2=O)c1ccccc1. The second-order valence-electron chi connectivity index (χ2n) is 7.50. The summed E-state index contributed by atoms with van der Waals surface area (Å²) in [5, 5.41) is 5.45. The van der Waals surface area contributed by atoms with Gasteiger partial charge < -0.3 is 4.90 Å². The van der Waals surface area contributed by atoms with E-state index in [0.717, 1.165) is 11.1 Å². The van der Waals surface area contributed by atoms with E-state index in [0.29, 0.717) is 47.5 Å². The van der Waals surface area contributed by atoms with E-state index < -0.39 is 0 Å². The lowest BCUT2D eigenvalue weighted by Crippen LogP contribution is -2.39. The maximum absolute atomic E-state index is 13.0. The van der Waals surface area contributed by atoms with Crippen LogP contribution >= 0.6 is 23.2 Å². The highest BCUT2D eigenvalue weighted by atomic mass is 35.5. The van der Waals surface area contributed by atoms with Crippen molar-refractivity contribution in [1.82, 2.24) is 14.7 Å². The Morgan fingerprint density at radius 1 is 1.07 bits per heavy atom. The predicted octanol–water partition coefficient (Wildman–Crippen LogP) is 5.22. The summed E-state index contributed by atoms with van der Waals surface area (Å²) in [6.45, 7) is 3.33. The molecule has 0 saturated carbocycles. The molecule has 7 heteroatoms. The van der Waals surface area contributed by atoms with Gasteiger partial charge in [-0.1, -0.05) is 66.5 Å². The molecule has 0 fully saturated rings. The van der Waals surface area contributed by atoms with Gasteiger partial charge in [0.2, 0.25) is 0 Å². The van der Waals surface area contributed by atoms with Crippen LogP contribution in [0.15, 0.2) is 54.6 Å². The molecule has 154 valence electrons. The summed E-state index contributed by atoms with van der Waals surface area (Å²) >= 11 is 12.5. The van der Waals surface area contributed by atoms with Crippen molar-refractivity contribution in [2.24, 2.45) is 0 Å². The summed E-state index contributed by atoms with van der Waals surface area (Å²) in [7, 11) is 0. The Balaban J connectivity index is 1.49. The number of carbonyl (C=O) groups is 2. The molecule has 0 aliphatic carbocycles. The summed E-state index contributed by atoms with van der Waals surface area (Å²) in [5.74, 6) is -0.173. The lowest BCUT2D eigenvalue weighted by atomic mass is 9.95. The van der Waals surface area contributed by atoms with E-state index in [1.807, 2.05) is 37.3 Å². The highest BCUT2D eigenvalue weighted by molar-refractivity contribution is 6.36. The Morgan fingerprint density at radius 3 is 2.47 bits per heavy atom. The van der Waals surface area contributed by atoms with Gasteiger partial charge in [-0.3, -0.25) is 14.3 Å². The number of halogens is 2. The second-order valence-corrected chi connectivity index (χ2v) is 8.32. The topological polar surface area (TPSA) is 55.2 Å². The molecule has 1 atom stereocenters. The number of fused-ring (bicyclic) bond motifs is 1. The van der Waals surface area contributed by atoms with Crippen molar-refractivity contribution in [3.63, 3.8) is 0 Å². The molecule has 2 heterocycles. The van der Waals surface area contributed by atoms with E-state index in [9.17, 15) is 9.59 Å². The minimum Gasteiger partial charge on any atom is -0.331 e. The Morgan fingerprint density at radius 2 is 1.77 bits per heavy atom. The Hall–Kier alpha value is -2.63. The van der Waals surface area contributed by atoms with Crippen LogP contribution in [-0.2, 0) is 13.1 Å². The Kier molecular flexibility index (Phi) is 5.93. The van der Waals surface area contributed by atoms with Crippen LogP contribution in [0.25, 0.3) is 0 Å². The molecular formula is C23H21Cl2N3O2. The van der Waals surface area contributed by atoms with Gasteiger partial charge in [0.05, 0.1) is 6.54 Å². The number of ketones is 1. The van der Waals surface area contributed by atoms with Gasteiger partial charge in [-0.15, -0.1) is 0 Å². The van der Waals surface area contributed by atoms with E-state index in [1.165, 1.54) is 0 Å². The summed E-state index contributed by atoms with van der Waals surface area (Å²) in [5.41, 5.74) is 2.57. The standard InChI is InChI=1S/C23H21Cl2N3O2/c1-15(16-6-3-2-4-7-16)12-22(29)20-13-21-23(30)27(10-11-28(21)26-20)14-17-18(24)8-5-9-19(17)25/h2-9,13,15H,10-12,14H2,1H3. The number of amides is 1. The maximum Gasteiger partial charge on any atom is 0.272 e. The van der Waals surface area contributed by atoms with Crippen molar-refractivity contribution in [2.75, 3.05) is 6.54 Å². The first-order valence-electron chi connectivity index (χ1n) is 9.82.